The second-order valence-electron chi connectivity index (χ2n) is 7.05. The molecule has 1 saturated heterocycles. The molecule has 4 aromatic rings. The Morgan fingerprint density at radius 3 is 2.62 bits per heavy atom. The van der Waals surface area contributed by atoms with Gasteiger partial charge in [0.2, 0.25) is 0 Å². The number of aliphatic hydroxyl groups is 3. The number of nitrogen functional groups attached to an aromatic ring is 1. The third kappa shape index (κ3) is 2.75. The van der Waals surface area contributed by atoms with Crippen LogP contribution in [0.1, 0.15) is 6.23 Å². The lowest BCUT2D eigenvalue weighted by molar-refractivity contribution is -0.0508. The molecule has 5 rings (SSSR count). The highest BCUT2D eigenvalue weighted by molar-refractivity contribution is 6.01. The number of benzene rings is 1. The Labute approximate surface area is 165 Å². The monoisotopic (exact) mass is 393 g/mol. The maximum Gasteiger partial charge on any atom is 0.164 e. The summed E-state index contributed by atoms with van der Waals surface area (Å²) in [5.74, 6) is 0.269. The Morgan fingerprint density at radius 1 is 1.07 bits per heavy atom. The summed E-state index contributed by atoms with van der Waals surface area (Å²) in [6.07, 6.45) is 0.544. The first-order chi connectivity index (χ1) is 14.1. The number of fused-ring (bicyclic) bond motifs is 2. The molecule has 29 heavy (non-hydrogen) atoms. The van der Waals surface area contributed by atoms with Crippen LogP contribution in [0.15, 0.2) is 49.1 Å². The number of aliphatic hydroxyl groups excluding tert-OH is 3. The molecule has 0 spiro atoms. The minimum Gasteiger partial charge on any atom is -0.394 e. The van der Waals surface area contributed by atoms with E-state index in [1.165, 1.54) is 6.33 Å². The van der Waals surface area contributed by atoms with Crippen molar-refractivity contribution in [3.8, 4) is 11.3 Å². The van der Waals surface area contributed by atoms with Gasteiger partial charge in [-0.25, -0.2) is 9.97 Å². The van der Waals surface area contributed by atoms with E-state index in [2.05, 4.69) is 15.0 Å². The number of hydrogen-bond donors (Lipinski definition) is 4. The van der Waals surface area contributed by atoms with Gasteiger partial charge < -0.3 is 30.4 Å². The fourth-order valence-electron chi connectivity index (χ4n) is 3.84. The quantitative estimate of drug-likeness (QED) is 0.401. The van der Waals surface area contributed by atoms with Crippen molar-refractivity contribution in [2.24, 2.45) is 0 Å². The molecule has 5 N–H and O–H groups in total. The number of aromatic nitrogens is 4. The zero-order chi connectivity index (χ0) is 20.1. The lowest BCUT2D eigenvalue weighted by atomic mass is 10.1. The summed E-state index contributed by atoms with van der Waals surface area (Å²) in [6, 6.07) is 9.81. The molecule has 0 bridgehead atoms. The standard InChI is InChI=1S/C20H19N5O4/c21-18-15-12(13-5-10-3-1-2-4-11(10)6-22-13)7-25(19(15)24-9-23-18)20-17(28)16(27)14(8-26)29-20/h1-7,9,14,16-17,20,26-28H,8H2,(H2,21,23,24)/t14-,16-,17-,20-/m1/s1. The Balaban J connectivity index is 1.71. The maximum atomic E-state index is 10.5. The van der Waals surface area contributed by atoms with Crippen LogP contribution in [-0.2, 0) is 4.74 Å². The molecular weight excluding hydrogens is 374 g/mol. The van der Waals surface area contributed by atoms with Crippen LogP contribution in [0.4, 0.5) is 5.82 Å². The molecule has 1 aliphatic rings. The minimum atomic E-state index is -1.24. The largest absolute Gasteiger partial charge is 0.394 e. The molecular formula is C20H19N5O4. The normalized spacial score (nSPS) is 24.5. The second kappa shape index (κ2) is 6.75. The van der Waals surface area contributed by atoms with E-state index in [1.54, 1.807) is 17.0 Å². The van der Waals surface area contributed by atoms with Crippen molar-refractivity contribution in [1.82, 2.24) is 19.5 Å². The molecule has 3 aromatic heterocycles. The summed E-state index contributed by atoms with van der Waals surface area (Å²) in [4.78, 5) is 13.0. The molecule has 9 heteroatoms. The van der Waals surface area contributed by atoms with Crippen LogP contribution in [0.25, 0.3) is 33.1 Å². The third-order valence-electron chi connectivity index (χ3n) is 5.34. The topological polar surface area (TPSA) is 140 Å². The van der Waals surface area contributed by atoms with E-state index < -0.39 is 31.1 Å². The number of nitrogens with two attached hydrogens (primary N) is 1. The van der Waals surface area contributed by atoms with E-state index in [9.17, 15) is 15.3 Å². The molecule has 1 fully saturated rings. The van der Waals surface area contributed by atoms with Crippen LogP contribution in [0.3, 0.4) is 0 Å². The number of ether oxygens (including phenoxy) is 1. The average Bonchev–Trinajstić information content (AvgIpc) is 3.26. The highest BCUT2D eigenvalue weighted by Gasteiger charge is 2.44. The molecule has 0 amide bonds. The van der Waals surface area contributed by atoms with E-state index in [0.29, 0.717) is 22.3 Å². The summed E-state index contributed by atoms with van der Waals surface area (Å²) < 4.78 is 7.28. The summed E-state index contributed by atoms with van der Waals surface area (Å²) >= 11 is 0. The van der Waals surface area contributed by atoms with Crippen LogP contribution >= 0.6 is 0 Å². The molecule has 0 radical (unpaired) electrons. The Bertz CT molecular complexity index is 1210. The van der Waals surface area contributed by atoms with Gasteiger partial charge in [0.05, 0.1) is 17.7 Å². The van der Waals surface area contributed by atoms with Gasteiger partial charge in [-0.2, -0.15) is 0 Å². The lowest BCUT2D eigenvalue weighted by Crippen LogP contribution is -2.33. The van der Waals surface area contributed by atoms with Crippen molar-refractivity contribution in [3.05, 3.63) is 49.1 Å². The summed E-state index contributed by atoms with van der Waals surface area (Å²) in [5.41, 5.74) is 7.94. The number of anilines is 1. The van der Waals surface area contributed by atoms with Gasteiger partial charge in [-0.05, 0) is 11.5 Å². The number of pyridine rings is 1. The molecule has 0 unspecified atom stereocenters. The zero-order valence-electron chi connectivity index (χ0n) is 15.3. The minimum absolute atomic E-state index is 0.269. The van der Waals surface area contributed by atoms with Gasteiger partial charge in [-0.3, -0.25) is 4.98 Å². The highest BCUT2D eigenvalue weighted by Crippen LogP contribution is 2.38. The number of rotatable bonds is 3. The molecule has 9 nitrogen and oxygen atoms in total. The molecule has 1 aliphatic heterocycles. The highest BCUT2D eigenvalue weighted by atomic mass is 16.6. The van der Waals surface area contributed by atoms with Crippen LogP contribution in [0.2, 0.25) is 0 Å². The van der Waals surface area contributed by atoms with Gasteiger partial charge in [0.15, 0.2) is 6.23 Å². The average molecular weight is 393 g/mol. The van der Waals surface area contributed by atoms with Crippen molar-refractivity contribution >= 4 is 27.6 Å². The van der Waals surface area contributed by atoms with Gasteiger partial charge >= 0.3 is 0 Å². The van der Waals surface area contributed by atoms with Crippen molar-refractivity contribution < 1.29 is 20.1 Å². The molecule has 0 saturated carbocycles. The molecule has 0 aliphatic carbocycles. The van der Waals surface area contributed by atoms with Crippen LogP contribution in [-0.4, -0.2) is 59.8 Å². The number of nitrogens with zero attached hydrogens (tertiary/aromatic N) is 4. The Morgan fingerprint density at radius 2 is 1.86 bits per heavy atom. The number of hydrogen-bond acceptors (Lipinski definition) is 8. The van der Waals surface area contributed by atoms with E-state index in [0.717, 1.165) is 10.8 Å². The summed E-state index contributed by atoms with van der Waals surface area (Å²) in [6.45, 7) is -0.413. The van der Waals surface area contributed by atoms with Gasteiger partial charge in [0.25, 0.3) is 0 Å². The lowest BCUT2D eigenvalue weighted by Gasteiger charge is -2.17. The smallest absolute Gasteiger partial charge is 0.164 e. The maximum absolute atomic E-state index is 10.5. The van der Waals surface area contributed by atoms with E-state index in [4.69, 9.17) is 10.5 Å². The second-order valence-corrected chi connectivity index (χ2v) is 7.05. The van der Waals surface area contributed by atoms with Gasteiger partial charge in [-0.15, -0.1) is 0 Å². The van der Waals surface area contributed by atoms with E-state index >= 15 is 0 Å². The molecule has 4 heterocycles. The fourth-order valence-corrected chi connectivity index (χ4v) is 3.84. The van der Waals surface area contributed by atoms with Crippen molar-refractivity contribution in [3.63, 3.8) is 0 Å². The van der Waals surface area contributed by atoms with Gasteiger partial charge in [-0.1, -0.05) is 24.3 Å². The predicted octanol–water partition coefficient (Wildman–Crippen LogP) is 0.840. The molecule has 4 atom stereocenters. The Hall–Kier alpha value is -3.11. The SMILES string of the molecule is Nc1ncnc2c1c(-c1cc3ccccc3cn1)cn2[C@@H]1O[C@H](CO)[C@@H](O)[C@H]1O. The van der Waals surface area contributed by atoms with Crippen molar-refractivity contribution in [2.75, 3.05) is 12.3 Å². The van der Waals surface area contributed by atoms with Crippen molar-refractivity contribution in [2.45, 2.75) is 24.5 Å². The summed E-state index contributed by atoms with van der Waals surface area (Å²) in [7, 11) is 0. The van der Waals surface area contributed by atoms with Crippen LogP contribution in [0, 0.1) is 0 Å². The van der Waals surface area contributed by atoms with E-state index in [1.807, 2.05) is 30.3 Å². The zero-order valence-corrected chi connectivity index (χ0v) is 15.3. The first-order valence-corrected chi connectivity index (χ1v) is 9.17. The first kappa shape index (κ1) is 18.0. The van der Waals surface area contributed by atoms with Crippen LogP contribution in [0.5, 0.6) is 0 Å². The third-order valence-corrected chi connectivity index (χ3v) is 5.34. The fraction of sp³-hybridized carbons (Fsp3) is 0.250. The summed E-state index contributed by atoms with van der Waals surface area (Å²) in [5, 5.41) is 32.6. The van der Waals surface area contributed by atoms with Gasteiger partial charge in [0.1, 0.15) is 36.1 Å². The first-order valence-electron chi connectivity index (χ1n) is 9.17. The van der Waals surface area contributed by atoms with Crippen molar-refractivity contribution in [1.29, 1.82) is 0 Å². The Kier molecular flexibility index (Phi) is 4.18. The van der Waals surface area contributed by atoms with Crippen LogP contribution < -0.4 is 5.73 Å². The molecule has 1 aromatic carbocycles. The predicted molar refractivity (Wildman–Crippen MR) is 106 cm³/mol. The van der Waals surface area contributed by atoms with E-state index in [-0.39, 0.29) is 5.82 Å². The molecule has 148 valence electrons. The van der Waals surface area contributed by atoms with Gasteiger partial charge in [0, 0.05) is 23.3 Å².